The lowest BCUT2D eigenvalue weighted by Crippen LogP contribution is -2.09. The van der Waals surface area contributed by atoms with Gasteiger partial charge < -0.3 is 5.73 Å². The number of nitrogen functional groups attached to an aromatic ring is 1. The number of hydrogen-bond donors (Lipinski definition) is 2. The van der Waals surface area contributed by atoms with E-state index >= 15 is 0 Å². The average molecular weight is 419 g/mol. The smallest absolute Gasteiger partial charge is 0.229 e. The lowest BCUT2D eigenvalue weighted by atomic mass is 10.0. The first-order valence-electron chi connectivity index (χ1n) is 9.40. The maximum atomic E-state index is 11.4. The topological polar surface area (TPSA) is 90.0 Å². The van der Waals surface area contributed by atoms with Crippen LogP contribution in [-0.2, 0) is 10.0 Å². The number of nitrogens with one attached hydrogen (secondary N) is 1. The van der Waals surface area contributed by atoms with Gasteiger partial charge in [-0.2, -0.15) is 5.10 Å². The number of nitrogens with two attached hydrogens (primary N) is 1. The summed E-state index contributed by atoms with van der Waals surface area (Å²) in [5.74, 6) is 0. The van der Waals surface area contributed by atoms with Gasteiger partial charge in [-0.05, 0) is 60.5 Å². The molecule has 0 aliphatic carbocycles. The molecule has 0 aliphatic rings. The van der Waals surface area contributed by atoms with Crippen molar-refractivity contribution in [3.8, 4) is 28.1 Å². The minimum Gasteiger partial charge on any atom is -0.399 e. The van der Waals surface area contributed by atoms with Gasteiger partial charge in [0.05, 0.1) is 23.3 Å². The van der Waals surface area contributed by atoms with E-state index in [0.29, 0.717) is 5.69 Å². The van der Waals surface area contributed by atoms with Crippen molar-refractivity contribution in [3.05, 3.63) is 84.6 Å². The Bertz CT molecular complexity index is 1270. The van der Waals surface area contributed by atoms with Gasteiger partial charge in [-0.3, -0.25) is 4.72 Å². The molecule has 3 N–H and O–H groups in total. The largest absolute Gasteiger partial charge is 0.399 e. The third kappa shape index (κ3) is 4.36. The van der Waals surface area contributed by atoms with E-state index in [4.69, 9.17) is 5.73 Å². The third-order valence-electron chi connectivity index (χ3n) is 4.67. The van der Waals surface area contributed by atoms with Gasteiger partial charge in [0.1, 0.15) is 0 Å². The highest BCUT2D eigenvalue weighted by molar-refractivity contribution is 7.92. The van der Waals surface area contributed by atoms with Crippen LogP contribution in [0.4, 0.5) is 11.4 Å². The maximum Gasteiger partial charge on any atom is 0.229 e. The summed E-state index contributed by atoms with van der Waals surface area (Å²) < 4.78 is 27.1. The highest BCUT2D eigenvalue weighted by Gasteiger charge is 2.11. The van der Waals surface area contributed by atoms with Crippen LogP contribution in [0.1, 0.15) is 5.69 Å². The van der Waals surface area contributed by atoms with Gasteiger partial charge in [0, 0.05) is 16.9 Å². The Morgan fingerprint density at radius 3 is 1.93 bits per heavy atom. The molecule has 1 heterocycles. The van der Waals surface area contributed by atoms with Crippen molar-refractivity contribution in [1.29, 1.82) is 0 Å². The minimum atomic E-state index is -3.31. The highest BCUT2D eigenvalue weighted by atomic mass is 32.2. The molecule has 6 nitrogen and oxygen atoms in total. The Hall–Kier alpha value is -3.58. The number of aromatic nitrogens is 2. The van der Waals surface area contributed by atoms with Crippen LogP contribution in [0.15, 0.2) is 78.9 Å². The molecule has 0 radical (unpaired) electrons. The molecule has 30 heavy (non-hydrogen) atoms. The van der Waals surface area contributed by atoms with E-state index in [9.17, 15) is 8.42 Å². The van der Waals surface area contributed by atoms with E-state index in [1.54, 1.807) is 12.1 Å². The summed E-state index contributed by atoms with van der Waals surface area (Å²) >= 11 is 0. The number of hydrogen-bond acceptors (Lipinski definition) is 4. The van der Waals surface area contributed by atoms with E-state index in [-0.39, 0.29) is 0 Å². The molecule has 0 aliphatic heterocycles. The fraction of sp³-hybridized carbons (Fsp3) is 0.0870. The zero-order valence-electron chi connectivity index (χ0n) is 16.7. The van der Waals surface area contributed by atoms with Crippen molar-refractivity contribution in [2.45, 2.75) is 6.92 Å². The van der Waals surface area contributed by atoms with Crippen molar-refractivity contribution in [3.63, 3.8) is 0 Å². The van der Waals surface area contributed by atoms with E-state index in [1.165, 1.54) is 0 Å². The Balaban J connectivity index is 1.65. The quantitative estimate of drug-likeness (QED) is 0.468. The predicted octanol–water partition coefficient (Wildman–Crippen LogP) is 4.47. The maximum absolute atomic E-state index is 11.4. The molecule has 0 unspecified atom stereocenters. The Labute approximate surface area is 176 Å². The zero-order valence-corrected chi connectivity index (χ0v) is 17.5. The number of nitrogens with zero attached hydrogens (tertiary/aromatic N) is 2. The molecule has 3 aromatic carbocycles. The van der Waals surface area contributed by atoms with Gasteiger partial charge in [0.15, 0.2) is 0 Å². The predicted molar refractivity (Wildman–Crippen MR) is 122 cm³/mol. The summed E-state index contributed by atoms with van der Waals surface area (Å²) in [6.45, 7) is 1.95. The summed E-state index contributed by atoms with van der Waals surface area (Å²) in [5.41, 5.74) is 13.0. The third-order valence-corrected chi connectivity index (χ3v) is 5.28. The normalized spacial score (nSPS) is 11.4. The molecule has 0 saturated heterocycles. The lowest BCUT2D eigenvalue weighted by Gasteiger charge is -2.10. The SMILES string of the molecule is Cc1cc(-c2ccc(-c3ccc(N)cc3)cc2)n(-c2ccc(NS(C)(=O)=O)cc2)n1. The van der Waals surface area contributed by atoms with Crippen LogP contribution in [0.2, 0.25) is 0 Å². The van der Waals surface area contributed by atoms with Gasteiger partial charge in [-0.25, -0.2) is 13.1 Å². The molecular formula is C23H22N4O2S. The van der Waals surface area contributed by atoms with Crippen molar-refractivity contribution in [2.24, 2.45) is 0 Å². The van der Waals surface area contributed by atoms with Crippen LogP contribution in [-0.4, -0.2) is 24.5 Å². The summed E-state index contributed by atoms with van der Waals surface area (Å²) in [4.78, 5) is 0. The van der Waals surface area contributed by atoms with Crippen LogP contribution < -0.4 is 10.5 Å². The summed E-state index contributed by atoms with van der Waals surface area (Å²) in [6.07, 6.45) is 1.13. The van der Waals surface area contributed by atoms with Crippen LogP contribution >= 0.6 is 0 Å². The highest BCUT2D eigenvalue weighted by Crippen LogP contribution is 2.28. The molecule has 0 atom stereocenters. The number of sulfonamides is 1. The van der Waals surface area contributed by atoms with Crippen molar-refractivity contribution >= 4 is 21.4 Å². The minimum absolute atomic E-state index is 0.513. The molecule has 4 aromatic rings. The van der Waals surface area contributed by atoms with Gasteiger partial charge in [0.25, 0.3) is 0 Å². The van der Waals surface area contributed by atoms with Gasteiger partial charge in [0.2, 0.25) is 10.0 Å². The fourth-order valence-corrected chi connectivity index (χ4v) is 3.86. The van der Waals surface area contributed by atoms with Crippen LogP contribution in [0.25, 0.3) is 28.1 Å². The number of aryl methyl sites for hydroxylation is 1. The first kappa shape index (κ1) is 19.7. The molecule has 152 valence electrons. The van der Waals surface area contributed by atoms with E-state index in [1.807, 2.05) is 54.1 Å². The summed E-state index contributed by atoms with van der Waals surface area (Å²) in [5, 5.41) is 4.62. The zero-order chi connectivity index (χ0) is 21.3. The second-order valence-corrected chi connectivity index (χ2v) is 8.95. The molecule has 0 bridgehead atoms. The first-order chi connectivity index (χ1) is 14.3. The van der Waals surface area contributed by atoms with Gasteiger partial charge >= 0.3 is 0 Å². The van der Waals surface area contributed by atoms with Crippen molar-refractivity contribution in [1.82, 2.24) is 9.78 Å². The summed E-state index contributed by atoms with van der Waals surface area (Å²) in [6, 6.07) is 25.2. The molecule has 1 aromatic heterocycles. The van der Waals surface area contributed by atoms with E-state index in [0.717, 1.165) is 45.7 Å². The molecule has 0 saturated carbocycles. The molecular weight excluding hydrogens is 396 g/mol. The van der Waals surface area contributed by atoms with E-state index in [2.05, 4.69) is 34.1 Å². The standard InChI is InChI=1S/C23H22N4O2S/c1-16-15-23(19-5-3-17(4-6-19)18-7-9-20(24)10-8-18)27(25-16)22-13-11-21(12-14-22)26-30(2,28)29/h3-15,26H,24H2,1-2H3. The Kier molecular flexibility index (Phi) is 5.05. The molecule has 0 spiro atoms. The Morgan fingerprint density at radius 2 is 1.37 bits per heavy atom. The van der Waals surface area contributed by atoms with Crippen LogP contribution in [0, 0.1) is 6.92 Å². The van der Waals surface area contributed by atoms with Gasteiger partial charge in [-0.15, -0.1) is 0 Å². The molecule has 0 amide bonds. The second kappa shape index (κ2) is 7.68. The van der Waals surface area contributed by atoms with Gasteiger partial charge in [-0.1, -0.05) is 36.4 Å². The van der Waals surface area contributed by atoms with Crippen LogP contribution in [0.5, 0.6) is 0 Å². The van der Waals surface area contributed by atoms with E-state index < -0.39 is 10.0 Å². The average Bonchev–Trinajstić information content (AvgIpc) is 3.10. The molecule has 0 fully saturated rings. The molecule has 4 rings (SSSR count). The number of anilines is 2. The monoisotopic (exact) mass is 418 g/mol. The van der Waals surface area contributed by atoms with Crippen molar-refractivity contribution in [2.75, 3.05) is 16.7 Å². The lowest BCUT2D eigenvalue weighted by molar-refractivity contribution is 0.607. The van der Waals surface area contributed by atoms with Crippen LogP contribution in [0.3, 0.4) is 0 Å². The Morgan fingerprint density at radius 1 is 0.833 bits per heavy atom. The first-order valence-corrected chi connectivity index (χ1v) is 11.3. The number of benzene rings is 3. The fourth-order valence-electron chi connectivity index (χ4n) is 3.30. The summed E-state index contributed by atoms with van der Waals surface area (Å²) in [7, 11) is -3.31. The number of rotatable bonds is 5. The molecule has 7 heteroatoms. The van der Waals surface area contributed by atoms with Crippen molar-refractivity contribution < 1.29 is 8.42 Å². The second-order valence-electron chi connectivity index (χ2n) is 7.20.